The number of carbonyl (C=O) groups excluding carboxylic acids is 2. The molecule has 1 saturated carbocycles. The lowest BCUT2D eigenvalue weighted by atomic mass is 10.2. The topological polar surface area (TPSA) is 43.9 Å². The molecule has 2 amide bonds. The Morgan fingerprint density at radius 1 is 1.09 bits per heavy atom. The van der Waals surface area contributed by atoms with Crippen molar-refractivity contribution in [1.29, 1.82) is 0 Å². The van der Waals surface area contributed by atoms with E-state index in [1.165, 1.54) is 5.56 Å². The molecule has 5 nitrogen and oxygen atoms in total. The van der Waals surface area contributed by atoms with Crippen LogP contribution >= 0.6 is 0 Å². The summed E-state index contributed by atoms with van der Waals surface area (Å²) in [6.45, 7) is 6.03. The van der Waals surface area contributed by atoms with E-state index in [0.717, 1.165) is 45.6 Å². The monoisotopic (exact) mass is 315 g/mol. The minimum atomic E-state index is 0.0172. The molecule has 0 unspecified atom stereocenters. The van der Waals surface area contributed by atoms with Gasteiger partial charge in [0.25, 0.3) is 0 Å². The van der Waals surface area contributed by atoms with Gasteiger partial charge in [-0.05, 0) is 18.4 Å². The number of nitrogens with zero attached hydrogens (tertiary/aromatic N) is 3. The van der Waals surface area contributed by atoms with Crippen molar-refractivity contribution in [2.24, 2.45) is 0 Å². The van der Waals surface area contributed by atoms with Crippen molar-refractivity contribution in [3.63, 3.8) is 0 Å². The summed E-state index contributed by atoms with van der Waals surface area (Å²) in [5.41, 5.74) is 1.31. The van der Waals surface area contributed by atoms with Gasteiger partial charge >= 0.3 is 0 Å². The van der Waals surface area contributed by atoms with Crippen molar-refractivity contribution in [2.75, 3.05) is 32.7 Å². The average Bonchev–Trinajstić information content (AvgIpc) is 3.38. The molecule has 1 aliphatic carbocycles. The van der Waals surface area contributed by atoms with Gasteiger partial charge in [-0.1, -0.05) is 30.3 Å². The van der Waals surface area contributed by atoms with Gasteiger partial charge in [-0.2, -0.15) is 0 Å². The molecule has 2 fully saturated rings. The predicted molar refractivity (Wildman–Crippen MR) is 88.7 cm³/mol. The van der Waals surface area contributed by atoms with Crippen molar-refractivity contribution in [1.82, 2.24) is 14.7 Å². The molecule has 1 aromatic rings. The molecule has 0 N–H and O–H groups in total. The quantitative estimate of drug-likeness (QED) is 0.824. The van der Waals surface area contributed by atoms with Crippen LogP contribution in [0.3, 0.4) is 0 Å². The predicted octanol–water partition coefficient (Wildman–Crippen LogP) is 1.34. The maximum atomic E-state index is 12.4. The first-order chi connectivity index (χ1) is 11.1. The van der Waals surface area contributed by atoms with Crippen LogP contribution in [0.15, 0.2) is 30.3 Å². The second-order valence-corrected chi connectivity index (χ2v) is 6.52. The Kier molecular flexibility index (Phi) is 4.96. The summed E-state index contributed by atoms with van der Waals surface area (Å²) in [4.78, 5) is 30.1. The summed E-state index contributed by atoms with van der Waals surface area (Å²) < 4.78 is 0. The highest BCUT2D eigenvalue weighted by atomic mass is 16.2. The van der Waals surface area contributed by atoms with Gasteiger partial charge in [-0.15, -0.1) is 0 Å². The summed E-state index contributed by atoms with van der Waals surface area (Å²) in [6, 6.07) is 10.7. The van der Waals surface area contributed by atoms with Crippen LogP contribution in [-0.2, 0) is 16.1 Å². The Balaban J connectivity index is 1.46. The molecular formula is C18H25N3O2. The molecule has 0 spiro atoms. The minimum Gasteiger partial charge on any atom is -0.339 e. The van der Waals surface area contributed by atoms with Crippen LogP contribution in [0.5, 0.6) is 0 Å². The van der Waals surface area contributed by atoms with Crippen LogP contribution in [0.1, 0.15) is 25.3 Å². The Bertz CT molecular complexity index is 549. The van der Waals surface area contributed by atoms with Crippen molar-refractivity contribution in [3.8, 4) is 0 Å². The highest BCUT2D eigenvalue weighted by molar-refractivity contribution is 5.84. The fourth-order valence-corrected chi connectivity index (χ4v) is 3.13. The molecule has 1 heterocycles. The number of rotatable bonds is 5. The van der Waals surface area contributed by atoms with Gasteiger partial charge in [0.05, 0.1) is 6.54 Å². The number of hydrogen-bond acceptors (Lipinski definition) is 3. The third-order valence-electron chi connectivity index (χ3n) is 4.67. The maximum Gasteiger partial charge on any atom is 0.242 e. The molecule has 0 radical (unpaired) electrons. The molecule has 124 valence electrons. The summed E-state index contributed by atoms with van der Waals surface area (Å²) in [7, 11) is 0. The Labute approximate surface area is 137 Å². The van der Waals surface area contributed by atoms with E-state index in [-0.39, 0.29) is 18.4 Å². The Morgan fingerprint density at radius 3 is 2.30 bits per heavy atom. The fraction of sp³-hybridized carbons (Fsp3) is 0.556. The normalized spacial score (nSPS) is 18.7. The van der Waals surface area contributed by atoms with Gasteiger partial charge in [0, 0.05) is 45.7 Å². The van der Waals surface area contributed by atoms with E-state index in [1.807, 2.05) is 11.0 Å². The van der Waals surface area contributed by atoms with Crippen molar-refractivity contribution in [3.05, 3.63) is 35.9 Å². The standard InChI is InChI=1S/C18H25N3O2/c1-15(22)21(17-7-8-17)14-18(23)20-11-9-19(10-12-20)13-16-5-3-2-4-6-16/h2-6,17H,7-14H2,1H3. The van der Waals surface area contributed by atoms with Crippen LogP contribution in [0.4, 0.5) is 0 Å². The molecule has 3 rings (SSSR count). The van der Waals surface area contributed by atoms with Crippen molar-refractivity contribution >= 4 is 11.8 Å². The van der Waals surface area contributed by atoms with E-state index >= 15 is 0 Å². The lowest BCUT2D eigenvalue weighted by Crippen LogP contribution is -2.51. The second-order valence-electron chi connectivity index (χ2n) is 6.52. The molecule has 1 aliphatic heterocycles. The van der Waals surface area contributed by atoms with Gasteiger partial charge in [-0.25, -0.2) is 0 Å². The van der Waals surface area contributed by atoms with Crippen LogP contribution in [0.25, 0.3) is 0 Å². The van der Waals surface area contributed by atoms with Crippen molar-refractivity contribution in [2.45, 2.75) is 32.4 Å². The molecule has 5 heteroatoms. The van der Waals surface area contributed by atoms with Crippen LogP contribution < -0.4 is 0 Å². The van der Waals surface area contributed by atoms with E-state index in [9.17, 15) is 9.59 Å². The van der Waals surface area contributed by atoms with Crippen LogP contribution in [0, 0.1) is 0 Å². The number of amides is 2. The minimum absolute atomic E-state index is 0.0172. The van der Waals surface area contributed by atoms with Gasteiger partial charge in [0.2, 0.25) is 11.8 Å². The zero-order chi connectivity index (χ0) is 16.2. The first kappa shape index (κ1) is 16.0. The van der Waals surface area contributed by atoms with E-state index in [1.54, 1.807) is 11.8 Å². The summed E-state index contributed by atoms with van der Waals surface area (Å²) in [5.74, 6) is 0.107. The number of piperazine rings is 1. The molecule has 23 heavy (non-hydrogen) atoms. The van der Waals surface area contributed by atoms with Gasteiger partial charge in [-0.3, -0.25) is 14.5 Å². The molecule has 2 aliphatic rings. The fourth-order valence-electron chi connectivity index (χ4n) is 3.13. The first-order valence-corrected chi connectivity index (χ1v) is 8.45. The van der Waals surface area contributed by atoms with Crippen LogP contribution in [0.2, 0.25) is 0 Å². The van der Waals surface area contributed by atoms with E-state index in [2.05, 4.69) is 29.2 Å². The van der Waals surface area contributed by atoms with Gasteiger partial charge in [0.1, 0.15) is 0 Å². The summed E-state index contributed by atoms with van der Waals surface area (Å²) in [5, 5.41) is 0. The smallest absolute Gasteiger partial charge is 0.242 e. The van der Waals surface area contributed by atoms with Gasteiger partial charge < -0.3 is 9.80 Å². The third-order valence-corrected chi connectivity index (χ3v) is 4.67. The van der Waals surface area contributed by atoms with E-state index in [0.29, 0.717) is 6.04 Å². The summed E-state index contributed by atoms with van der Waals surface area (Å²) >= 11 is 0. The number of hydrogen-bond donors (Lipinski definition) is 0. The lowest BCUT2D eigenvalue weighted by Gasteiger charge is -2.35. The van der Waals surface area contributed by atoms with Gasteiger partial charge in [0.15, 0.2) is 0 Å². The Morgan fingerprint density at radius 2 is 1.74 bits per heavy atom. The number of benzene rings is 1. The number of carbonyl (C=O) groups is 2. The van der Waals surface area contributed by atoms with Crippen LogP contribution in [-0.4, -0.2) is 65.3 Å². The third kappa shape index (κ3) is 4.32. The molecule has 1 saturated heterocycles. The zero-order valence-corrected chi connectivity index (χ0v) is 13.8. The lowest BCUT2D eigenvalue weighted by molar-refractivity contribution is -0.141. The highest BCUT2D eigenvalue weighted by Crippen LogP contribution is 2.26. The molecule has 0 bridgehead atoms. The first-order valence-electron chi connectivity index (χ1n) is 8.45. The summed E-state index contributed by atoms with van der Waals surface area (Å²) in [6.07, 6.45) is 2.08. The maximum absolute atomic E-state index is 12.4. The highest BCUT2D eigenvalue weighted by Gasteiger charge is 2.33. The molecule has 0 atom stereocenters. The van der Waals surface area contributed by atoms with Crippen molar-refractivity contribution < 1.29 is 9.59 Å². The second kappa shape index (κ2) is 7.13. The molecular weight excluding hydrogens is 290 g/mol. The molecule has 0 aromatic heterocycles. The molecule has 1 aromatic carbocycles. The largest absolute Gasteiger partial charge is 0.339 e. The van der Waals surface area contributed by atoms with E-state index < -0.39 is 0 Å². The average molecular weight is 315 g/mol. The Hall–Kier alpha value is -1.88. The SMILES string of the molecule is CC(=O)N(CC(=O)N1CCN(Cc2ccccc2)CC1)C1CC1. The van der Waals surface area contributed by atoms with E-state index in [4.69, 9.17) is 0 Å². The zero-order valence-electron chi connectivity index (χ0n) is 13.8.